The molecule has 3 rings (SSSR count). The molecule has 9 heteroatoms. The van der Waals surface area contributed by atoms with Crippen molar-refractivity contribution in [1.29, 1.82) is 0 Å². The number of hydrogen-bond acceptors (Lipinski definition) is 7. The van der Waals surface area contributed by atoms with Gasteiger partial charge in [-0.3, -0.25) is 9.59 Å². The number of hydrogen-bond donors (Lipinski definition) is 2. The second kappa shape index (κ2) is 10.3. The van der Waals surface area contributed by atoms with Crippen LogP contribution in [0.1, 0.15) is 15.9 Å². The van der Waals surface area contributed by atoms with Gasteiger partial charge in [-0.1, -0.05) is 0 Å². The van der Waals surface area contributed by atoms with Crippen LogP contribution in [-0.4, -0.2) is 62.9 Å². The van der Waals surface area contributed by atoms with E-state index in [2.05, 4.69) is 10.5 Å². The molecule has 0 unspecified atom stereocenters. The first-order chi connectivity index (χ1) is 14.6. The number of ether oxygens (including phenoxy) is 3. The summed E-state index contributed by atoms with van der Waals surface area (Å²) in [5.74, 6) is 0.455. The molecule has 9 nitrogen and oxygen atoms in total. The summed E-state index contributed by atoms with van der Waals surface area (Å²) in [6.07, 6.45) is 1.49. The van der Waals surface area contributed by atoms with Gasteiger partial charge in [0.1, 0.15) is 0 Å². The number of carbonyl (C=O) groups is 2. The van der Waals surface area contributed by atoms with E-state index in [1.165, 1.54) is 13.3 Å². The van der Waals surface area contributed by atoms with Gasteiger partial charge in [0, 0.05) is 24.3 Å². The van der Waals surface area contributed by atoms with Gasteiger partial charge in [-0.2, -0.15) is 5.10 Å². The number of amides is 2. The fourth-order valence-corrected chi connectivity index (χ4v) is 2.79. The van der Waals surface area contributed by atoms with Crippen LogP contribution in [0.25, 0.3) is 0 Å². The lowest BCUT2D eigenvalue weighted by Crippen LogP contribution is -2.43. The number of nitrogens with two attached hydrogens (primary N) is 1. The third-order valence-corrected chi connectivity index (χ3v) is 4.46. The van der Waals surface area contributed by atoms with Crippen LogP contribution in [0, 0.1) is 0 Å². The van der Waals surface area contributed by atoms with E-state index in [9.17, 15) is 9.59 Å². The first-order valence-corrected chi connectivity index (χ1v) is 9.42. The van der Waals surface area contributed by atoms with Crippen molar-refractivity contribution in [1.82, 2.24) is 10.3 Å². The Morgan fingerprint density at radius 2 is 1.90 bits per heavy atom. The maximum absolute atomic E-state index is 12.2. The summed E-state index contributed by atoms with van der Waals surface area (Å²) in [6.45, 7) is 2.13. The molecule has 0 atom stereocenters. The molecule has 0 radical (unpaired) electrons. The number of hydrazone groups is 1. The molecule has 2 aromatic rings. The van der Waals surface area contributed by atoms with Crippen molar-refractivity contribution in [2.45, 2.75) is 0 Å². The molecule has 0 bridgehead atoms. The molecule has 0 aliphatic carbocycles. The summed E-state index contributed by atoms with van der Waals surface area (Å²) in [4.78, 5) is 26.0. The van der Waals surface area contributed by atoms with E-state index in [4.69, 9.17) is 19.9 Å². The zero-order valence-electron chi connectivity index (χ0n) is 16.7. The summed E-state index contributed by atoms with van der Waals surface area (Å²) < 4.78 is 16.2. The van der Waals surface area contributed by atoms with Gasteiger partial charge >= 0.3 is 0 Å². The Bertz CT molecular complexity index is 908. The molecule has 1 aliphatic rings. The molecule has 0 spiro atoms. The van der Waals surface area contributed by atoms with Crippen molar-refractivity contribution in [3.63, 3.8) is 0 Å². The summed E-state index contributed by atoms with van der Waals surface area (Å²) in [7, 11) is 1.51. The van der Waals surface area contributed by atoms with Crippen LogP contribution in [0.2, 0.25) is 0 Å². The minimum Gasteiger partial charge on any atom is -0.493 e. The minimum absolute atomic E-state index is 0.0819. The average Bonchev–Trinajstić information content (AvgIpc) is 2.78. The summed E-state index contributed by atoms with van der Waals surface area (Å²) in [5, 5.41) is 3.96. The summed E-state index contributed by atoms with van der Waals surface area (Å²) in [6, 6.07) is 11.7. The Balaban J connectivity index is 1.56. The molecule has 3 N–H and O–H groups in total. The fraction of sp³-hybridized carbons (Fsp3) is 0.286. The van der Waals surface area contributed by atoms with E-state index in [-0.39, 0.29) is 18.4 Å². The van der Waals surface area contributed by atoms with Gasteiger partial charge in [0.15, 0.2) is 18.1 Å². The molecule has 30 heavy (non-hydrogen) atoms. The highest BCUT2D eigenvalue weighted by Gasteiger charge is 2.18. The van der Waals surface area contributed by atoms with Crippen LogP contribution < -0.4 is 20.6 Å². The third kappa shape index (κ3) is 5.71. The topological polar surface area (TPSA) is 115 Å². The van der Waals surface area contributed by atoms with E-state index < -0.39 is 0 Å². The lowest BCUT2D eigenvalue weighted by molar-refractivity contribution is -0.137. The monoisotopic (exact) mass is 412 g/mol. The Morgan fingerprint density at radius 1 is 1.17 bits per heavy atom. The van der Waals surface area contributed by atoms with E-state index in [0.717, 1.165) is 0 Å². The maximum Gasteiger partial charge on any atom is 0.271 e. The molecule has 1 fully saturated rings. The zero-order chi connectivity index (χ0) is 21.3. The summed E-state index contributed by atoms with van der Waals surface area (Å²) in [5.41, 5.74) is 9.78. The molecule has 0 aromatic heterocycles. The third-order valence-electron chi connectivity index (χ3n) is 4.46. The Morgan fingerprint density at radius 3 is 2.60 bits per heavy atom. The van der Waals surface area contributed by atoms with Gasteiger partial charge in [0.2, 0.25) is 0 Å². The fourth-order valence-electron chi connectivity index (χ4n) is 2.79. The van der Waals surface area contributed by atoms with Gasteiger partial charge < -0.3 is 24.8 Å². The van der Waals surface area contributed by atoms with Gasteiger partial charge in [0.25, 0.3) is 11.8 Å². The molecule has 1 aliphatic heterocycles. The van der Waals surface area contributed by atoms with Crippen LogP contribution in [0.3, 0.4) is 0 Å². The van der Waals surface area contributed by atoms with Crippen LogP contribution >= 0.6 is 0 Å². The normalized spacial score (nSPS) is 13.8. The molecule has 1 heterocycles. The zero-order valence-corrected chi connectivity index (χ0v) is 16.7. The molecule has 1 saturated heterocycles. The van der Waals surface area contributed by atoms with E-state index in [1.54, 1.807) is 47.4 Å². The second-order valence-corrected chi connectivity index (χ2v) is 6.51. The lowest BCUT2D eigenvalue weighted by atomic mass is 10.2. The predicted molar refractivity (Wildman–Crippen MR) is 112 cm³/mol. The van der Waals surface area contributed by atoms with Crippen molar-refractivity contribution in [3.05, 3.63) is 53.6 Å². The smallest absolute Gasteiger partial charge is 0.271 e. The van der Waals surface area contributed by atoms with Gasteiger partial charge in [-0.05, 0) is 48.0 Å². The summed E-state index contributed by atoms with van der Waals surface area (Å²) >= 11 is 0. The Kier molecular flexibility index (Phi) is 7.23. The predicted octanol–water partition coefficient (Wildman–Crippen LogP) is 1.28. The molecule has 158 valence electrons. The van der Waals surface area contributed by atoms with Gasteiger partial charge in [0.05, 0.1) is 26.5 Å². The van der Waals surface area contributed by atoms with Crippen LogP contribution in [0.15, 0.2) is 47.6 Å². The van der Waals surface area contributed by atoms with Crippen LogP contribution in [-0.2, 0) is 9.53 Å². The quantitative estimate of drug-likeness (QED) is 0.402. The van der Waals surface area contributed by atoms with Crippen LogP contribution in [0.4, 0.5) is 5.69 Å². The van der Waals surface area contributed by atoms with E-state index >= 15 is 0 Å². The number of anilines is 1. The lowest BCUT2D eigenvalue weighted by Gasteiger charge is -2.26. The molecule has 2 amide bonds. The second-order valence-electron chi connectivity index (χ2n) is 6.51. The molecular weight excluding hydrogens is 388 g/mol. The highest BCUT2D eigenvalue weighted by atomic mass is 16.5. The van der Waals surface area contributed by atoms with Crippen molar-refractivity contribution in [2.24, 2.45) is 5.10 Å². The SMILES string of the molecule is COc1cc(/C=N\NC(=O)c2ccc(N)cc2)ccc1OCC(=O)N1CCOCC1. The average molecular weight is 412 g/mol. The number of carbonyl (C=O) groups excluding carboxylic acids is 2. The van der Waals surface area contributed by atoms with E-state index in [1.807, 2.05) is 0 Å². The van der Waals surface area contributed by atoms with Crippen molar-refractivity contribution in [3.8, 4) is 11.5 Å². The number of nitrogen functional groups attached to an aromatic ring is 1. The minimum atomic E-state index is -0.347. The Hall–Kier alpha value is -3.59. The van der Waals surface area contributed by atoms with Crippen LogP contribution in [0.5, 0.6) is 11.5 Å². The van der Waals surface area contributed by atoms with E-state index in [0.29, 0.717) is 54.6 Å². The van der Waals surface area contributed by atoms with Gasteiger partial charge in [-0.25, -0.2) is 5.43 Å². The number of benzene rings is 2. The highest BCUT2D eigenvalue weighted by Crippen LogP contribution is 2.27. The maximum atomic E-state index is 12.2. The first kappa shape index (κ1) is 21.1. The highest BCUT2D eigenvalue weighted by molar-refractivity contribution is 5.95. The van der Waals surface area contributed by atoms with Crippen molar-refractivity contribution in [2.75, 3.05) is 45.8 Å². The standard InChI is InChI=1S/C21H24N4O5/c1-28-19-12-15(13-23-24-21(27)16-3-5-17(22)6-4-16)2-7-18(19)30-14-20(26)25-8-10-29-11-9-25/h2-7,12-13H,8-11,14,22H2,1H3,(H,24,27)/b23-13-. The van der Waals surface area contributed by atoms with Gasteiger partial charge in [-0.15, -0.1) is 0 Å². The molecular formula is C21H24N4O5. The number of methoxy groups -OCH3 is 1. The van der Waals surface area contributed by atoms with Crippen molar-refractivity contribution < 1.29 is 23.8 Å². The largest absolute Gasteiger partial charge is 0.493 e. The molecule has 0 saturated carbocycles. The number of nitrogens with one attached hydrogen (secondary N) is 1. The number of morpholine rings is 1. The molecule has 2 aromatic carbocycles. The Labute approximate surface area is 174 Å². The number of rotatable bonds is 7. The first-order valence-electron chi connectivity index (χ1n) is 9.42. The number of nitrogens with zero attached hydrogens (tertiary/aromatic N) is 2. The van der Waals surface area contributed by atoms with Crippen molar-refractivity contribution >= 4 is 23.7 Å².